The molecule has 0 bridgehead atoms. The van der Waals surface area contributed by atoms with Crippen LogP contribution in [0, 0.1) is 0 Å². The van der Waals surface area contributed by atoms with Crippen molar-refractivity contribution < 1.29 is 0 Å². The highest BCUT2D eigenvalue weighted by Gasteiger charge is 2.13. The van der Waals surface area contributed by atoms with Crippen molar-refractivity contribution in [3.8, 4) is 10.6 Å². The first kappa shape index (κ1) is 11.9. The molecule has 0 radical (unpaired) electrons. The second-order valence-electron chi connectivity index (χ2n) is 3.30. The van der Waals surface area contributed by atoms with Crippen LogP contribution in [-0.4, -0.2) is 13.9 Å². The summed E-state index contributed by atoms with van der Waals surface area (Å²) in [5.74, 6) is 0. The lowest BCUT2D eigenvalue weighted by atomic mass is 10.2. The number of thiazole rings is 1. The number of pyridine rings is 1. The van der Waals surface area contributed by atoms with Crippen LogP contribution in [0.1, 0.15) is 0 Å². The Labute approximate surface area is 127 Å². The van der Waals surface area contributed by atoms with E-state index in [1.54, 1.807) is 20.5 Å². The van der Waals surface area contributed by atoms with Gasteiger partial charge < -0.3 is 0 Å². The zero-order chi connectivity index (χ0) is 11.8. The molecule has 0 spiro atoms. The fourth-order valence-electron chi connectivity index (χ4n) is 1.63. The Hall–Kier alpha value is -0.120. The van der Waals surface area contributed by atoms with Gasteiger partial charge in [-0.15, -0.1) is 11.3 Å². The molecular weight excluding hydrogens is 433 g/mol. The van der Waals surface area contributed by atoms with Crippen molar-refractivity contribution in [1.29, 1.82) is 0 Å². The number of fused-ring (bicyclic) bond motifs is 1. The number of hydrogen-bond acceptors (Lipinski definition) is 4. The molecule has 0 N–H and O–H groups in total. The molecule has 3 rings (SSSR count). The second kappa shape index (κ2) is 4.87. The highest BCUT2D eigenvalue weighted by atomic mass is 127. The van der Waals surface area contributed by atoms with Crippen LogP contribution in [-0.2, 0) is 0 Å². The van der Waals surface area contributed by atoms with Crippen molar-refractivity contribution in [2.24, 2.45) is 0 Å². The topological polar surface area (TPSA) is 30.7 Å². The summed E-state index contributed by atoms with van der Waals surface area (Å²) in [7, 11) is 1.61. The van der Waals surface area contributed by atoms with Gasteiger partial charge in [-0.3, -0.25) is 3.97 Å². The van der Waals surface area contributed by atoms with E-state index in [0.29, 0.717) is 0 Å². The quantitative estimate of drug-likeness (QED) is 0.541. The van der Waals surface area contributed by atoms with Crippen molar-refractivity contribution in [2.75, 3.05) is 0 Å². The smallest absolute Gasteiger partial charge is 0.151 e. The van der Waals surface area contributed by atoms with E-state index in [0.717, 1.165) is 26.1 Å². The summed E-state index contributed by atoms with van der Waals surface area (Å²) in [5, 5.41) is 4.14. The van der Waals surface area contributed by atoms with Crippen molar-refractivity contribution in [1.82, 2.24) is 13.9 Å². The van der Waals surface area contributed by atoms with Gasteiger partial charge in [0.05, 0.1) is 0 Å². The van der Waals surface area contributed by atoms with Crippen LogP contribution in [0.25, 0.3) is 21.6 Å². The summed E-state index contributed by atoms with van der Waals surface area (Å²) >= 11 is 7.36. The van der Waals surface area contributed by atoms with E-state index >= 15 is 0 Å². The Kier molecular flexibility index (Phi) is 3.42. The minimum atomic E-state index is 0.970. The minimum absolute atomic E-state index is 0.970. The molecular formula is C10H5BrIN3S2. The Morgan fingerprint density at radius 2 is 2.29 bits per heavy atom. The van der Waals surface area contributed by atoms with Crippen molar-refractivity contribution in [3.63, 3.8) is 0 Å². The van der Waals surface area contributed by atoms with Gasteiger partial charge in [0.2, 0.25) is 0 Å². The van der Waals surface area contributed by atoms with E-state index in [9.17, 15) is 0 Å². The number of halogens is 2. The number of nitrogens with zero attached hydrogens (tertiary/aromatic N) is 3. The molecule has 0 aliphatic rings. The highest BCUT2D eigenvalue weighted by Crippen LogP contribution is 2.35. The molecule has 17 heavy (non-hydrogen) atoms. The third kappa shape index (κ3) is 2.13. The average Bonchev–Trinajstić information content (AvgIpc) is 2.94. The van der Waals surface area contributed by atoms with Crippen molar-refractivity contribution in [2.45, 2.75) is 0 Å². The van der Waals surface area contributed by atoms with Gasteiger partial charge in [-0.1, -0.05) is 0 Å². The molecule has 3 aromatic heterocycles. The fourth-order valence-corrected chi connectivity index (χ4v) is 3.88. The third-order valence-corrected chi connectivity index (χ3v) is 5.26. The van der Waals surface area contributed by atoms with Crippen LogP contribution >= 0.6 is 57.6 Å². The molecule has 7 heteroatoms. The van der Waals surface area contributed by atoms with Crippen LogP contribution < -0.4 is 0 Å². The van der Waals surface area contributed by atoms with E-state index in [4.69, 9.17) is 0 Å². The van der Waals surface area contributed by atoms with Crippen LogP contribution in [0.2, 0.25) is 0 Å². The number of hydrogen-bond donors (Lipinski definition) is 0. The van der Waals surface area contributed by atoms with Gasteiger partial charge in [0.15, 0.2) is 5.65 Å². The van der Waals surface area contributed by atoms with Gasteiger partial charge in [0.25, 0.3) is 0 Å². The average molecular weight is 438 g/mol. The lowest BCUT2D eigenvalue weighted by molar-refractivity contribution is 1.26. The highest BCUT2D eigenvalue weighted by molar-refractivity contribution is 14.2. The zero-order valence-electron chi connectivity index (χ0n) is 8.30. The normalized spacial score (nSPS) is 11.2. The molecule has 0 fully saturated rings. The molecule has 0 aliphatic carbocycles. The van der Waals surface area contributed by atoms with Crippen LogP contribution in [0.15, 0.2) is 34.5 Å². The minimum Gasteiger partial charge on any atom is -0.265 e. The van der Waals surface area contributed by atoms with E-state index in [1.807, 2.05) is 17.8 Å². The zero-order valence-corrected chi connectivity index (χ0v) is 13.7. The SMILES string of the molecule is Brc1cnc2c(c1)c(-c1nccs1)cn2SI. The summed E-state index contributed by atoms with van der Waals surface area (Å²) in [5.41, 5.74) is 2.10. The standard InChI is InChI=1S/C10H5BrIN3S2/c11-6-3-7-8(10-13-1-2-16-10)5-15(17-12)9(7)14-4-6/h1-5H. The lowest BCUT2D eigenvalue weighted by Gasteiger charge is -1.96. The lowest BCUT2D eigenvalue weighted by Crippen LogP contribution is -1.82. The molecule has 0 atom stereocenters. The second-order valence-corrected chi connectivity index (χ2v) is 6.82. The maximum Gasteiger partial charge on any atom is 0.151 e. The summed E-state index contributed by atoms with van der Waals surface area (Å²) in [4.78, 5) is 8.81. The molecule has 0 aromatic carbocycles. The van der Waals surface area contributed by atoms with Crippen molar-refractivity contribution >= 4 is 68.6 Å². The van der Waals surface area contributed by atoms with Gasteiger partial charge in [-0.05, 0) is 22.0 Å². The molecule has 0 amide bonds. The van der Waals surface area contributed by atoms with Crippen LogP contribution in [0.4, 0.5) is 0 Å². The van der Waals surface area contributed by atoms with Gasteiger partial charge in [0, 0.05) is 69.7 Å². The number of rotatable bonds is 2. The first-order valence-electron chi connectivity index (χ1n) is 4.65. The van der Waals surface area contributed by atoms with Gasteiger partial charge in [-0.25, -0.2) is 9.97 Å². The van der Waals surface area contributed by atoms with E-state index in [-0.39, 0.29) is 0 Å². The van der Waals surface area contributed by atoms with E-state index < -0.39 is 0 Å². The molecule has 86 valence electrons. The summed E-state index contributed by atoms with van der Waals surface area (Å²) < 4.78 is 3.04. The van der Waals surface area contributed by atoms with Gasteiger partial charge in [0.1, 0.15) is 5.01 Å². The van der Waals surface area contributed by atoms with E-state index in [2.05, 4.69) is 63.3 Å². The van der Waals surface area contributed by atoms with Crippen LogP contribution in [0.3, 0.4) is 0 Å². The Balaban J connectivity index is 2.34. The maximum atomic E-state index is 4.45. The summed E-state index contributed by atoms with van der Waals surface area (Å²) in [6.07, 6.45) is 5.73. The molecule has 3 aromatic rings. The fraction of sp³-hybridized carbons (Fsp3) is 0. The maximum absolute atomic E-state index is 4.45. The predicted molar refractivity (Wildman–Crippen MR) is 85.6 cm³/mol. The largest absolute Gasteiger partial charge is 0.265 e. The molecule has 3 nitrogen and oxygen atoms in total. The third-order valence-electron chi connectivity index (χ3n) is 2.32. The molecule has 3 heterocycles. The molecule has 0 saturated carbocycles. The Bertz CT molecular complexity index is 666. The molecule has 0 unspecified atom stereocenters. The summed E-state index contributed by atoms with van der Waals surface area (Å²) in [6.45, 7) is 0. The van der Waals surface area contributed by atoms with E-state index in [1.165, 1.54) is 0 Å². The summed E-state index contributed by atoms with van der Waals surface area (Å²) in [6, 6.07) is 2.09. The molecule has 0 saturated heterocycles. The Morgan fingerprint density at radius 1 is 1.41 bits per heavy atom. The first-order valence-corrected chi connectivity index (χ1v) is 9.64. The predicted octanol–water partition coefficient (Wildman–Crippen LogP) is 4.77. The number of aromatic nitrogens is 3. The Morgan fingerprint density at radius 3 is 3.00 bits per heavy atom. The van der Waals surface area contributed by atoms with Gasteiger partial charge in [-0.2, -0.15) is 0 Å². The first-order chi connectivity index (χ1) is 8.29. The van der Waals surface area contributed by atoms with Crippen LogP contribution in [0.5, 0.6) is 0 Å². The molecule has 0 aliphatic heterocycles. The van der Waals surface area contributed by atoms with Crippen molar-refractivity contribution in [3.05, 3.63) is 34.5 Å². The monoisotopic (exact) mass is 437 g/mol. The van der Waals surface area contributed by atoms with Gasteiger partial charge >= 0.3 is 0 Å².